The fraction of sp³-hybridized carbons (Fsp3) is 0.778. The van der Waals surface area contributed by atoms with Gasteiger partial charge in [-0.3, -0.25) is 14.4 Å². The molecule has 0 radical (unpaired) electrons. The lowest BCUT2D eigenvalue weighted by molar-refractivity contribution is -0.138. The van der Waals surface area contributed by atoms with Gasteiger partial charge in [-0.1, -0.05) is 6.92 Å². The molecule has 1 aromatic heterocycles. The lowest BCUT2D eigenvalue weighted by Crippen LogP contribution is -2.55. The van der Waals surface area contributed by atoms with E-state index in [0.717, 1.165) is 52.2 Å². The van der Waals surface area contributed by atoms with Crippen molar-refractivity contribution < 1.29 is 4.79 Å². The molecule has 0 spiro atoms. The number of carbonyl (C=O) groups excluding carboxylic acids is 1. The number of aromatic nitrogens is 2. The van der Waals surface area contributed by atoms with Crippen molar-refractivity contribution in [1.82, 2.24) is 24.5 Å². The van der Waals surface area contributed by atoms with Crippen LogP contribution in [0.3, 0.4) is 0 Å². The Morgan fingerprint density at radius 3 is 2.67 bits per heavy atom. The van der Waals surface area contributed by atoms with Gasteiger partial charge in [-0.2, -0.15) is 5.10 Å². The van der Waals surface area contributed by atoms with Crippen LogP contribution in [0.5, 0.6) is 0 Å². The molecule has 1 amide bonds. The second-order valence-corrected chi connectivity index (χ2v) is 7.21. The summed E-state index contributed by atoms with van der Waals surface area (Å²) in [5, 5.41) is 4.41. The van der Waals surface area contributed by atoms with Crippen molar-refractivity contribution in [3.05, 3.63) is 18.0 Å². The minimum Gasteiger partial charge on any atom is -0.339 e. The predicted octanol–water partition coefficient (Wildman–Crippen LogP) is 1.21. The van der Waals surface area contributed by atoms with E-state index in [4.69, 9.17) is 0 Å². The van der Waals surface area contributed by atoms with E-state index >= 15 is 0 Å². The van der Waals surface area contributed by atoms with Crippen LogP contribution in [-0.4, -0.2) is 81.7 Å². The largest absolute Gasteiger partial charge is 0.339 e. The van der Waals surface area contributed by atoms with E-state index in [1.807, 2.05) is 10.9 Å². The van der Waals surface area contributed by atoms with E-state index in [0.29, 0.717) is 11.9 Å². The Bertz CT molecular complexity index is 549. The highest BCUT2D eigenvalue weighted by Gasteiger charge is 2.35. The molecule has 2 aliphatic heterocycles. The van der Waals surface area contributed by atoms with Gasteiger partial charge in [0.2, 0.25) is 5.91 Å². The van der Waals surface area contributed by atoms with Gasteiger partial charge in [-0.15, -0.1) is 0 Å². The average molecular weight is 333 g/mol. The molecule has 3 heterocycles. The fourth-order valence-corrected chi connectivity index (χ4v) is 4.04. The summed E-state index contributed by atoms with van der Waals surface area (Å²) in [4.78, 5) is 19.8. The summed E-state index contributed by atoms with van der Waals surface area (Å²) >= 11 is 0. The number of carbonyl (C=O) groups is 1. The van der Waals surface area contributed by atoms with E-state index in [9.17, 15) is 4.79 Å². The van der Waals surface area contributed by atoms with Crippen molar-refractivity contribution in [3.8, 4) is 0 Å². The third-order valence-electron chi connectivity index (χ3n) is 5.57. The van der Waals surface area contributed by atoms with Crippen molar-refractivity contribution >= 4 is 5.91 Å². The van der Waals surface area contributed by atoms with Crippen molar-refractivity contribution in [2.75, 3.05) is 39.3 Å². The third-order valence-corrected chi connectivity index (χ3v) is 5.57. The van der Waals surface area contributed by atoms with Gasteiger partial charge < -0.3 is 9.80 Å². The Balaban J connectivity index is 1.58. The zero-order valence-electron chi connectivity index (χ0n) is 15.3. The molecule has 3 rings (SSSR count). The molecule has 0 aliphatic carbocycles. The maximum Gasteiger partial charge on any atom is 0.239 e. The monoisotopic (exact) mass is 333 g/mol. The first-order chi connectivity index (χ1) is 11.6. The number of hydrogen-bond acceptors (Lipinski definition) is 4. The zero-order valence-corrected chi connectivity index (χ0v) is 15.3. The highest BCUT2D eigenvalue weighted by atomic mass is 16.2. The van der Waals surface area contributed by atoms with Crippen molar-refractivity contribution in [2.24, 2.45) is 0 Å². The third kappa shape index (κ3) is 3.81. The van der Waals surface area contributed by atoms with Crippen LogP contribution in [0.1, 0.15) is 32.3 Å². The molecular weight excluding hydrogens is 302 g/mol. The van der Waals surface area contributed by atoms with E-state index in [-0.39, 0.29) is 6.04 Å². The number of likely N-dealkylation sites (N-methyl/N-ethyl adjacent to an activating group) is 1. The summed E-state index contributed by atoms with van der Waals surface area (Å²) in [5.41, 5.74) is 1.19. The molecule has 2 atom stereocenters. The fourth-order valence-electron chi connectivity index (χ4n) is 4.04. The van der Waals surface area contributed by atoms with Crippen LogP contribution in [0.2, 0.25) is 0 Å². The molecule has 2 aliphatic rings. The van der Waals surface area contributed by atoms with E-state index in [1.54, 1.807) is 0 Å². The average Bonchev–Trinajstić information content (AvgIpc) is 3.23. The molecule has 0 saturated carbocycles. The molecule has 2 saturated heterocycles. The number of likely N-dealkylation sites (tertiary alicyclic amines) is 1. The van der Waals surface area contributed by atoms with Gasteiger partial charge in [0.1, 0.15) is 0 Å². The normalized spacial score (nSPS) is 24.5. The molecule has 6 heteroatoms. The molecule has 0 bridgehead atoms. The Hall–Kier alpha value is -1.40. The highest BCUT2D eigenvalue weighted by Crippen LogP contribution is 2.23. The van der Waals surface area contributed by atoms with Gasteiger partial charge >= 0.3 is 0 Å². The second-order valence-electron chi connectivity index (χ2n) is 7.21. The second kappa shape index (κ2) is 7.66. The molecule has 24 heavy (non-hydrogen) atoms. The molecule has 0 aromatic carbocycles. The Morgan fingerprint density at radius 1 is 1.29 bits per heavy atom. The quantitative estimate of drug-likeness (QED) is 0.812. The van der Waals surface area contributed by atoms with Crippen LogP contribution in [0.4, 0.5) is 0 Å². The van der Waals surface area contributed by atoms with Crippen molar-refractivity contribution in [2.45, 2.75) is 52.2 Å². The number of nitrogens with zero attached hydrogens (tertiary/aromatic N) is 5. The van der Waals surface area contributed by atoms with Gasteiger partial charge in [0, 0.05) is 38.4 Å². The number of piperazine rings is 1. The van der Waals surface area contributed by atoms with Gasteiger partial charge in [-0.05, 0) is 45.3 Å². The summed E-state index contributed by atoms with van der Waals surface area (Å²) in [5.74, 6) is 0.300. The summed E-state index contributed by atoms with van der Waals surface area (Å²) in [6.45, 7) is 13.1. The number of aryl methyl sites for hydroxylation is 1. The maximum atomic E-state index is 12.9. The summed E-state index contributed by atoms with van der Waals surface area (Å²) in [6.07, 6.45) is 6.32. The predicted molar refractivity (Wildman–Crippen MR) is 94.8 cm³/mol. The molecule has 0 unspecified atom stereocenters. The van der Waals surface area contributed by atoms with Gasteiger partial charge in [0.05, 0.1) is 18.8 Å². The molecule has 1 aromatic rings. The molecule has 6 nitrogen and oxygen atoms in total. The van der Waals surface area contributed by atoms with Crippen molar-refractivity contribution in [3.63, 3.8) is 0 Å². The first-order valence-corrected chi connectivity index (χ1v) is 9.34. The number of hydrogen-bond donors (Lipinski definition) is 0. The first-order valence-electron chi connectivity index (χ1n) is 9.34. The van der Waals surface area contributed by atoms with Crippen LogP contribution in [0.25, 0.3) is 0 Å². The Morgan fingerprint density at radius 2 is 2.04 bits per heavy atom. The minimum atomic E-state index is -0.0256. The van der Waals surface area contributed by atoms with Crippen LogP contribution < -0.4 is 0 Å². The smallest absolute Gasteiger partial charge is 0.239 e. The summed E-state index contributed by atoms with van der Waals surface area (Å²) in [7, 11) is 0. The number of amides is 1. The standard InChI is InChI=1S/C18H31N5O/c1-4-20-8-10-21(11-9-20)18(24)16(3)23-7-5-6-17(23)14-22-13-15(2)12-19-22/h12-13,16-17H,4-11,14H2,1-3H3/t16-,17+/m1/s1. The van der Waals surface area contributed by atoms with Crippen LogP contribution in [-0.2, 0) is 11.3 Å². The highest BCUT2D eigenvalue weighted by molar-refractivity contribution is 5.81. The number of rotatable bonds is 5. The molecule has 0 N–H and O–H groups in total. The van der Waals surface area contributed by atoms with E-state index < -0.39 is 0 Å². The van der Waals surface area contributed by atoms with E-state index in [2.05, 4.69) is 46.8 Å². The van der Waals surface area contributed by atoms with Gasteiger partial charge in [-0.25, -0.2) is 0 Å². The Kier molecular flexibility index (Phi) is 5.56. The Labute approximate surface area is 145 Å². The topological polar surface area (TPSA) is 44.6 Å². The van der Waals surface area contributed by atoms with Crippen LogP contribution >= 0.6 is 0 Å². The van der Waals surface area contributed by atoms with Gasteiger partial charge in [0.15, 0.2) is 0 Å². The van der Waals surface area contributed by atoms with Crippen molar-refractivity contribution in [1.29, 1.82) is 0 Å². The first kappa shape index (κ1) is 17.4. The molecule has 134 valence electrons. The summed E-state index contributed by atoms with van der Waals surface area (Å²) in [6, 6.07) is 0.391. The lowest BCUT2D eigenvalue weighted by Gasteiger charge is -2.38. The zero-order chi connectivity index (χ0) is 17.1. The van der Waals surface area contributed by atoms with Crippen LogP contribution in [0, 0.1) is 6.92 Å². The van der Waals surface area contributed by atoms with Crippen LogP contribution in [0.15, 0.2) is 12.4 Å². The lowest BCUT2D eigenvalue weighted by atomic mass is 10.1. The molecular formula is C18H31N5O. The minimum absolute atomic E-state index is 0.0256. The SMILES string of the molecule is CCN1CCN(C(=O)[C@@H](C)N2CCC[C@H]2Cn2cc(C)cn2)CC1. The summed E-state index contributed by atoms with van der Waals surface area (Å²) < 4.78 is 2.02. The maximum absolute atomic E-state index is 12.9. The molecule has 2 fully saturated rings. The van der Waals surface area contributed by atoms with E-state index in [1.165, 1.54) is 12.0 Å². The van der Waals surface area contributed by atoms with Gasteiger partial charge in [0.25, 0.3) is 0 Å².